The topological polar surface area (TPSA) is 18.5 Å². The molecule has 0 aromatic rings. The van der Waals surface area contributed by atoms with E-state index in [-0.39, 0.29) is 0 Å². The zero-order valence-corrected chi connectivity index (χ0v) is 30.0. The van der Waals surface area contributed by atoms with E-state index >= 15 is 0 Å². The van der Waals surface area contributed by atoms with Gasteiger partial charge in [-0.1, -0.05) is 78.9 Å². The monoisotopic (exact) mass is 534 g/mol. The minimum absolute atomic E-state index is 0.781. The SMILES string of the molecule is CCC[Si](C)(C)O[Si](C)(C)C(CC)CCC(CC(CC)[Si](C)(C)O[Si](C)(C)C)[Si](C)(C)C. The second-order valence-electron chi connectivity index (χ2n) is 14.1. The lowest BCUT2D eigenvalue weighted by Gasteiger charge is -2.42. The smallest absolute Gasteiger partial charge is 0.176 e. The fourth-order valence-corrected chi connectivity index (χ4v) is 26.9. The average molecular weight is 535 g/mol. The van der Waals surface area contributed by atoms with E-state index in [0.29, 0.717) is 0 Å². The van der Waals surface area contributed by atoms with Gasteiger partial charge in [0, 0.05) is 8.07 Å². The lowest BCUT2D eigenvalue weighted by atomic mass is 10.1. The third kappa shape index (κ3) is 12.1. The molecule has 0 aliphatic heterocycles. The molecule has 0 aromatic carbocycles. The van der Waals surface area contributed by atoms with Gasteiger partial charge in [0.2, 0.25) is 0 Å². The van der Waals surface area contributed by atoms with E-state index in [0.717, 1.165) is 16.6 Å². The molecule has 0 amide bonds. The fourth-order valence-electron chi connectivity index (χ4n) is 5.96. The van der Waals surface area contributed by atoms with Crippen LogP contribution < -0.4 is 0 Å². The molecule has 0 fully saturated rings. The number of hydrogen-bond donors (Lipinski definition) is 0. The standard InChI is InChI=1S/C25H62O2Si5/c1-16-21-30(10,11)27-31(12,13)23(17-2)19-20-25(28(4,5)6)22-24(18-3)32(14,15)26-29(7,8)9/h23-25H,16-22H2,1-15H3. The molecule has 0 saturated carbocycles. The molecule has 0 bridgehead atoms. The highest BCUT2D eigenvalue weighted by Crippen LogP contribution is 2.45. The van der Waals surface area contributed by atoms with Gasteiger partial charge in [-0.3, -0.25) is 0 Å². The van der Waals surface area contributed by atoms with Crippen LogP contribution in [0.2, 0.25) is 101 Å². The molecule has 0 radical (unpaired) electrons. The van der Waals surface area contributed by atoms with Crippen molar-refractivity contribution in [3.63, 3.8) is 0 Å². The molecule has 0 rings (SSSR count). The van der Waals surface area contributed by atoms with Crippen molar-refractivity contribution < 1.29 is 8.23 Å². The van der Waals surface area contributed by atoms with Gasteiger partial charge in [0.05, 0.1) is 0 Å². The van der Waals surface area contributed by atoms with E-state index < -0.39 is 41.3 Å². The van der Waals surface area contributed by atoms with Gasteiger partial charge < -0.3 is 8.23 Å². The molecular formula is C25H62O2Si5. The van der Waals surface area contributed by atoms with Crippen LogP contribution in [0.5, 0.6) is 0 Å². The maximum Gasteiger partial charge on any atom is 0.176 e. The Bertz CT molecular complexity index is 535. The summed E-state index contributed by atoms with van der Waals surface area (Å²) in [6, 6.07) is 1.30. The van der Waals surface area contributed by atoms with Crippen molar-refractivity contribution in [2.45, 2.75) is 161 Å². The molecule has 3 unspecified atom stereocenters. The molecule has 194 valence electrons. The van der Waals surface area contributed by atoms with E-state index in [1.807, 2.05) is 0 Å². The first-order valence-corrected chi connectivity index (χ1v) is 29.7. The summed E-state index contributed by atoms with van der Waals surface area (Å²) in [4.78, 5) is 0. The lowest BCUT2D eigenvalue weighted by molar-refractivity contribution is 0.466. The van der Waals surface area contributed by atoms with Crippen molar-refractivity contribution in [2.75, 3.05) is 0 Å². The highest BCUT2D eigenvalue weighted by molar-refractivity contribution is 6.86. The lowest BCUT2D eigenvalue weighted by Crippen LogP contribution is -2.47. The molecule has 0 heterocycles. The molecule has 2 nitrogen and oxygen atoms in total. The van der Waals surface area contributed by atoms with Gasteiger partial charge >= 0.3 is 0 Å². The van der Waals surface area contributed by atoms with Gasteiger partial charge in [0.15, 0.2) is 33.3 Å². The largest absolute Gasteiger partial charge is 0.456 e. The van der Waals surface area contributed by atoms with Gasteiger partial charge in [-0.05, 0) is 81.6 Å². The second-order valence-corrected chi connectivity index (χ2v) is 37.6. The van der Waals surface area contributed by atoms with Crippen LogP contribution in [0.25, 0.3) is 0 Å². The van der Waals surface area contributed by atoms with E-state index in [1.165, 1.54) is 44.6 Å². The number of hydrogen-bond acceptors (Lipinski definition) is 2. The first-order chi connectivity index (χ1) is 14.2. The Kier molecular flexibility index (Phi) is 13.2. The van der Waals surface area contributed by atoms with Crippen LogP contribution in [-0.4, -0.2) is 41.3 Å². The summed E-state index contributed by atoms with van der Waals surface area (Å²) >= 11 is 0. The predicted octanol–water partition coefficient (Wildman–Crippen LogP) is 10.3. The Balaban J connectivity index is 5.47. The van der Waals surface area contributed by atoms with Crippen LogP contribution in [0.1, 0.15) is 59.3 Å². The summed E-state index contributed by atoms with van der Waals surface area (Å²) in [6.45, 7) is 37.0. The van der Waals surface area contributed by atoms with Crippen molar-refractivity contribution in [1.29, 1.82) is 0 Å². The van der Waals surface area contributed by atoms with Crippen LogP contribution in [0.15, 0.2) is 0 Å². The average Bonchev–Trinajstić information content (AvgIpc) is 2.52. The zero-order chi connectivity index (χ0) is 25.6. The molecule has 3 atom stereocenters. The maximum atomic E-state index is 7.03. The summed E-state index contributed by atoms with van der Waals surface area (Å²) in [6.07, 6.45) is 7.99. The first kappa shape index (κ1) is 33.0. The zero-order valence-electron chi connectivity index (χ0n) is 25.0. The van der Waals surface area contributed by atoms with Gasteiger partial charge in [-0.15, -0.1) is 0 Å². The van der Waals surface area contributed by atoms with Crippen LogP contribution >= 0.6 is 0 Å². The molecule has 0 aliphatic rings. The molecule has 0 spiro atoms. The van der Waals surface area contributed by atoms with Crippen LogP contribution in [-0.2, 0) is 8.23 Å². The molecule has 0 N–H and O–H groups in total. The minimum Gasteiger partial charge on any atom is -0.456 e. The van der Waals surface area contributed by atoms with Crippen molar-refractivity contribution in [2.24, 2.45) is 0 Å². The summed E-state index contributed by atoms with van der Waals surface area (Å²) in [5.74, 6) is 0. The van der Waals surface area contributed by atoms with Crippen molar-refractivity contribution in [3.05, 3.63) is 0 Å². The van der Waals surface area contributed by atoms with Crippen molar-refractivity contribution in [3.8, 4) is 0 Å². The van der Waals surface area contributed by atoms with Crippen molar-refractivity contribution in [1.82, 2.24) is 0 Å². The number of rotatable bonds is 16. The third-order valence-electron chi connectivity index (χ3n) is 7.57. The quantitative estimate of drug-likeness (QED) is 0.183. The van der Waals surface area contributed by atoms with Crippen molar-refractivity contribution >= 4 is 41.3 Å². The normalized spacial score (nSPS) is 17.3. The van der Waals surface area contributed by atoms with E-state index in [9.17, 15) is 0 Å². The Morgan fingerprint density at radius 3 is 1.38 bits per heavy atom. The molecule has 0 aliphatic carbocycles. The fraction of sp³-hybridized carbons (Fsp3) is 1.00. The second kappa shape index (κ2) is 12.8. The van der Waals surface area contributed by atoms with Gasteiger partial charge in [-0.2, -0.15) is 0 Å². The molecule has 32 heavy (non-hydrogen) atoms. The molecule has 0 aromatic heterocycles. The van der Waals surface area contributed by atoms with Gasteiger partial charge in [-0.25, -0.2) is 0 Å². The van der Waals surface area contributed by atoms with Gasteiger partial charge in [0.1, 0.15) is 0 Å². The van der Waals surface area contributed by atoms with E-state index in [1.54, 1.807) is 0 Å². The van der Waals surface area contributed by atoms with E-state index in [2.05, 4.69) is 99.3 Å². The Morgan fingerprint density at radius 1 is 0.562 bits per heavy atom. The van der Waals surface area contributed by atoms with Crippen LogP contribution in [0.4, 0.5) is 0 Å². The third-order valence-corrected chi connectivity index (χ3v) is 26.4. The summed E-state index contributed by atoms with van der Waals surface area (Å²) in [5.41, 5.74) is 2.46. The Labute approximate surface area is 209 Å². The Morgan fingerprint density at radius 2 is 1.00 bits per heavy atom. The minimum atomic E-state index is -1.68. The summed E-state index contributed by atoms with van der Waals surface area (Å²) in [7, 11) is -7.63. The summed E-state index contributed by atoms with van der Waals surface area (Å²) in [5, 5.41) is 0. The highest BCUT2D eigenvalue weighted by Gasteiger charge is 2.42. The molecule has 7 heteroatoms. The van der Waals surface area contributed by atoms with Crippen LogP contribution in [0, 0.1) is 0 Å². The highest BCUT2D eigenvalue weighted by atomic mass is 28.4. The maximum absolute atomic E-state index is 7.03. The van der Waals surface area contributed by atoms with E-state index in [4.69, 9.17) is 8.23 Å². The predicted molar refractivity (Wildman–Crippen MR) is 162 cm³/mol. The molecular weight excluding hydrogens is 473 g/mol. The Hall–Kier alpha value is 1.00. The first-order valence-electron chi connectivity index (χ1n) is 13.6. The molecule has 0 saturated heterocycles. The van der Waals surface area contributed by atoms with Gasteiger partial charge in [0.25, 0.3) is 0 Å². The summed E-state index contributed by atoms with van der Waals surface area (Å²) < 4.78 is 13.9. The van der Waals surface area contributed by atoms with Crippen LogP contribution in [0.3, 0.4) is 0 Å².